The van der Waals surface area contributed by atoms with E-state index in [9.17, 15) is 14.4 Å². The average molecular weight is 356 g/mol. The van der Waals surface area contributed by atoms with Crippen LogP contribution in [0.2, 0.25) is 0 Å². The third-order valence-corrected chi connectivity index (χ3v) is 4.67. The number of hydrogen-bond donors (Lipinski definition) is 3. The molecule has 7 nitrogen and oxygen atoms in total. The number of halogens is 1. The van der Waals surface area contributed by atoms with Gasteiger partial charge in [-0.2, -0.15) is 10.4 Å². The Morgan fingerprint density at radius 2 is 2.12 bits per heavy atom. The molecule has 0 aliphatic carbocycles. The fourth-order valence-electron chi connectivity index (χ4n) is 3.30. The number of nitrogens with two attached hydrogens (primary N) is 1. The first kappa shape index (κ1) is 17.9. The summed E-state index contributed by atoms with van der Waals surface area (Å²) in [5.74, 6) is -0.353. The topological polar surface area (TPSA) is 109 Å². The average Bonchev–Trinajstić information content (AvgIpc) is 3.06. The number of nitriles is 1. The molecule has 0 unspecified atom stereocenters. The second-order valence-corrected chi connectivity index (χ2v) is 6.38. The van der Waals surface area contributed by atoms with Gasteiger partial charge in [0.15, 0.2) is 5.82 Å². The second kappa shape index (κ2) is 7.97. The van der Waals surface area contributed by atoms with Crippen LogP contribution in [0.25, 0.3) is 0 Å². The lowest BCUT2D eigenvalue weighted by Gasteiger charge is -2.29. The highest BCUT2D eigenvalue weighted by Crippen LogP contribution is 2.31. The zero-order valence-electron chi connectivity index (χ0n) is 14.3. The van der Waals surface area contributed by atoms with Gasteiger partial charge in [-0.3, -0.25) is 9.48 Å². The van der Waals surface area contributed by atoms with Crippen molar-refractivity contribution in [2.45, 2.75) is 25.3 Å². The Bertz CT molecular complexity index is 804. The third-order valence-electron chi connectivity index (χ3n) is 4.67. The van der Waals surface area contributed by atoms with Gasteiger partial charge >= 0.3 is 0 Å². The van der Waals surface area contributed by atoms with Gasteiger partial charge in [-0.05, 0) is 56.1 Å². The maximum Gasteiger partial charge on any atom is 0.254 e. The van der Waals surface area contributed by atoms with Gasteiger partial charge in [0, 0.05) is 11.9 Å². The fourth-order valence-corrected chi connectivity index (χ4v) is 3.30. The van der Waals surface area contributed by atoms with Gasteiger partial charge < -0.3 is 16.4 Å². The van der Waals surface area contributed by atoms with Crippen molar-refractivity contribution in [2.75, 3.05) is 18.4 Å². The molecular weight excluding hydrogens is 335 g/mol. The molecule has 2 aromatic rings. The number of benzene rings is 1. The molecule has 1 saturated heterocycles. The number of primary amides is 1. The SMILES string of the molecule is N#CC[C@@H](C1CCNCC1)n1cc(C(N)=O)c(Nc2ccc(F)cc2)n1. The van der Waals surface area contributed by atoms with E-state index < -0.39 is 5.91 Å². The van der Waals surface area contributed by atoms with Crippen LogP contribution < -0.4 is 16.4 Å². The van der Waals surface area contributed by atoms with Crippen LogP contribution in [-0.2, 0) is 0 Å². The van der Waals surface area contributed by atoms with Gasteiger partial charge in [0.1, 0.15) is 11.4 Å². The second-order valence-electron chi connectivity index (χ2n) is 6.38. The molecule has 4 N–H and O–H groups in total. The summed E-state index contributed by atoms with van der Waals surface area (Å²) < 4.78 is 14.7. The summed E-state index contributed by atoms with van der Waals surface area (Å²) in [6.07, 6.45) is 3.79. The lowest BCUT2D eigenvalue weighted by Crippen LogP contribution is -2.33. The maximum atomic E-state index is 13.1. The normalized spacial score (nSPS) is 16.0. The smallest absolute Gasteiger partial charge is 0.254 e. The van der Waals surface area contributed by atoms with E-state index in [0.29, 0.717) is 23.8 Å². The van der Waals surface area contributed by atoms with Crippen LogP contribution in [0.1, 0.15) is 35.7 Å². The molecule has 8 heteroatoms. The van der Waals surface area contributed by atoms with Crippen LogP contribution in [-0.4, -0.2) is 28.8 Å². The Labute approximate surface area is 151 Å². The highest BCUT2D eigenvalue weighted by Gasteiger charge is 2.27. The first-order valence-electron chi connectivity index (χ1n) is 8.57. The Morgan fingerprint density at radius 1 is 1.42 bits per heavy atom. The molecule has 1 amide bonds. The van der Waals surface area contributed by atoms with E-state index in [0.717, 1.165) is 25.9 Å². The number of hydrogen-bond acceptors (Lipinski definition) is 5. The monoisotopic (exact) mass is 356 g/mol. The third kappa shape index (κ3) is 4.00. The molecule has 1 aliphatic rings. The molecule has 3 rings (SSSR count). The Balaban J connectivity index is 1.90. The Morgan fingerprint density at radius 3 is 2.73 bits per heavy atom. The van der Waals surface area contributed by atoms with Crippen LogP contribution in [0.3, 0.4) is 0 Å². The fraction of sp³-hybridized carbons (Fsp3) is 0.389. The maximum absolute atomic E-state index is 13.1. The number of nitrogens with zero attached hydrogens (tertiary/aromatic N) is 3. The Kier molecular flexibility index (Phi) is 5.49. The van der Waals surface area contributed by atoms with Crippen LogP contribution in [0.5, 0.6) is 0 Å². The zero-order chi connectivity index (χ0) is 18.5. The lowest BCUT2D eigenvalue weighted by molar-refractivity contribution is 0.100. The minimum Gasteiger partial charge on any atom is -0.365 e. The summed E-state index contributed by atoms with van der Waals surface area (Å²) in [6, 6.07) is 7.84. The summed E-state index contributed by atoms with van der Waals surface area (Å²) in [6.45, 7) is 1.80. The van der Waals surface area contributed by atoms with E-state index in [2.05, 4.69) is 21.8 Å². The molecule has 1 aliphatic heterocycles. The largest absolute Gasteiger partial charge is 0.365 e. The molecule has 26 heavy (non-hydrogen) atoms. The van der Waals surface area contributed by atoms with Crippen molar-refractivity contribution < 1.29 is 9.18 Å². The molecule has 0 radical (unpaired) electrons. The van der Waals surface area contributed by atoms with E-state index in [1.165, 1.54) is 12.1 Å². The summed E-state index contributed by atoms with van der Waals surface area (Å²) in [7, 11) is 0. The number of nitrogens with one attached hydrogen (secondary N) is 2. The van der Waals surface area contributed by atoms with Crippen molar-refractivity contribution in [2.24, 2.45) is 11.7 Å². The van der Waals surface area contributed by atoms with Crippen LogP contribution in [0.15, 0.2) is 30.5 Å². The number of carbonyl (C=O) groups is 1. The highest BCUT2D eigenvalue weighted by molar-refractivity contribution is 5.98. The standard InChI is InChI=1S/C18H21FN6O/c19-13-1-3-14(4-2-13)23-18-15(17(21)26)11-25(24-18)16(5-8-20)12-6-9-22-10-7-12/h1-4,11-12,16,22H,5-7,9-10H2,(H2,21,26)(H,23,24)/t16-/m0/s1. The Hall–Kier alpha value is -2.92. The first-order chi connectivity index (χ1) is 12.6. The molecule has 1 fully saturated rings. The van der Waals surface area contributed by atoms with Gasteiger partial charge in [0.2, 0.25) is 0 Å². The van der Waals surface area contributed by atoms with Crippen LogP contribution in [0, 0.1) is 23.1 Å². The van der Waals surface area contributed by atoms with E-state index >= 15 is 0 Å². The van der Waals surface area contributed by atoms with Crippen molar-refractivity contribution in [1.29, 1.82) is 5.26 Å². The molecular formula is C18H21FN6O. The van der Waals surface area contributed by atoms with Crippen molar-refractivity contribution in [3.8, 4) is 6.07 Å². The minimum absolute atomic E-state index is 0.121. The van der Waals surface area contributed by atoms with E-state index in [-0.39, 0.29) is 17.4 Å². The zero-order valence-corrected chi connectivity index (χ0v) is 14.3. The van der Waals surface area contributed by atoms with Gasteiger partial charge in [-0.25, -0.2) is 4.39 Å². The van der Waals surface area contributed by atoms with E-state index in [1.807, 2.05) is 0 Å². The quantitative estimate of drug-likeness (QED) is 0.736. The number of rotatable bonds is 6. The van der Waals surface area contributed by atoms with Crippen molar-refractivity contribution in [3.05, 3.63) is 41.8 Å². The van der Waals surface area contributed by atoms with Crippen molar-refractivity contribution >= 4 is 17.4 Å². The summed E-state index contributed by atoms with van der Waals surface area (Å²) in [5.41, 5.74) is 6.33. The first-order valence-corrected chi connectivity index (χ1v) is 8.57. The molecule has 1 atom stereocenters. The number of aromatic nitrogens is 2. The van der Waals surface area contributed by atoms with Gasteiger partial charge in [-0.15, -0.1) is 0 Å². The van der Waals surface area contributed by atoms with Crippen molar-refractivity contribution in [3.63, 3.8) is 0 Å². The predicted molar refractivity (Wildman–Crippen MR) is 95.3 cm³/mol. The van der Waals surface area contributed by atoms with Crippen LogP contribution in [0.4, 0.5) is 15.9 Å². The summed E-state index contributed by atoms with van der Waals surface area (Å²) >= 11 is 0. The number of amides is 1. The summed E-state index contributed by atoms with van der Waals surface area (Å²) in [5, 5.41) is 20.0. The number of piperidine rings is 1. The molecule has 0 spiro atoms. The highest BCUT2D eigenvalue weighted by atomic mass is 19.1. The van der Waals surface area contributed by atoms with Gasteiger partial charge in [0.25, 0.3) is 5.91 Å². The van der Waals surface area contributed by atoms with E-state index in [4.69, 9.17) is 5.73 Å². The molecule has 0 bridgehead atoms. The van der Waals surface area contributed by atoms with Gasteiger partial charge in [0.05, 0.1) is 18.5 Å². The van der Waals surface area contributed by atoms with Crippen LogP contribution >= 0.6 is 0 Å². The lowest BCUT2D eigenvalue weighted by atomic mass is 9.89. The predicted octanol–water partition coefficient (Wildman–Crippen LogP) is 2.32. The molecule has 2 heterocycles. The van der Waals surface area contributed by atoms with Crippen molar-refractivity contribution in [1.82, 2.24) is 15.1 Å². The molecule has 1 aromatic heterocycles. The molecule has 1 aromatic carbocycles. The van der Waals surface area contributed by atoms with Gasteiger partial charge in [-0.1, -0.05) is 0 Å². The summed E-state index contributed by atoms with van der Waals surface area (Å²) in [4.78, 5) is 11.8. The minimum atomic E-state index is -0.609. The molecule has 0 saturated carbocycles. The number of carbonyl (C=O) groups excluding carboxylic acids is 1. The molecule has 136 valence electrons. The number of anilines is 2. The van der Waals surface area contributed by atoms with E-state index in [1.54, 1.807) is 23.0 Å².